The van der Waals surface area contributed by atoms with Crippen LogP contribution in [0.25, 0.3) is 0 Å². The fourth-order valence-electron chi connectivity index (χ4n) is 2.20. The molecule has 0 bridgehead atoms. The third kappa shape index (κ3) is 4.81. The Labute approximate surface area is 123 Å². The van der Waals surface area contributed by atoms with Crippen molar-refractivity contribution in [1.82, 2.24) is 10.6 Å². The van der Waals surface area contributed by atoms with Gasteiger partial charge in [-0.1, -0.05) is 11.6 Å². The van der Waals surface area contributed by atoms with Gasteiger partial charge in [-0.3, -0.25) is 9.59 Å². The fourth-order valence-corrected chi connectivity index (χ4v) is 2.87. The molecule has 108 valence electrons. The second-order valence-electron chi connectivity index (χ2n) is 4.93. The second kappa shape index (κ2) is 7.85. The largest absolute Gasteiger partial charge is 0.348 e. The molecule has 0 aliphatic heterocycles. The molecule has 1 heterocycles. The van der Waals surface area contributed by atoms with Crippen molar-refractivity contribution in [3.8, 4) is 0 Å². The molecule has 0 radical (unpaired) electrons. The van der Waals surface area contributed by atoms with Gasteiger partial charge in [-0.2, -0.15) is 11.3 Å². The van der Waals surface area contributed by atoms with Gasteiger partial charge in [0, 0.05) is 13.1 Å². The first-order valence-corrected chi connectivity index (χ1v) is 7.95. The molecule has 2 rings (SSSR count). The lowest BCUT2D eigenvalue weighted by Crippen LogP contribution is -2.40. The highest BCUT2D eigenvalue weighted by Crippen LogP contribution is 2.19. The molecule has 1 aliphatic rings. The lowest BCUT2D eigenvalue weighted by Gasteiger charge is -2.12. The van der Waals surface area contributed by atoms with E-state index in [1.807, 2.05) is 16.8 Å². The highest BCUT2D eigenvalue weighted by Gasteiger charge is 2.12. The van der Waals surface area contributed by atoms with Crippen LogP contribution in [0.15, 0.2) is 28.5 Å². The number of hydrogen-bond acceptors (Lipinski definition) is 3. The van der Waals surface area contributed by atoms with Crippen LogP contribution in [-0.4, -0.2) is 18.4 Å². The highest BCUT2D eigenvalue weighted by atomic mass is 32.1. The zero-order chi connectivity index (χ0) is 14.2. The van der Waals surface area contributed by atoms with Gasteiger partial charge in [-0.25, -0.2) is 0 Å². The summed E-state index contributed by atoms with van der Waals surface area (Å²) in [5, 5.41) is 9.18. The first kappa shape index (κ1) is 14.8. The molecule has 0 saturated carbocycles. The number of carbonyl (C=O) groups is 2. The maximum Gasteiger partial charge on any atom is 0.309 e. The Morgan fingerprint density at radius 1 is 1.20 bits per heavy atom. The smallest absolute Gasteiger partial charge is 0.309 e. The van der Waals surface area contributed by atoms with E-state index in [4.69, 9.17) is 0 Å². The van der Waals surface area contributed by atoms with Crippen molar-refractivity contribution < 1.29 is 9.59 Å². The number of rotatable bonds is 5. The summed E-state index contributed by atoms with van der Waals surface area (Å²) < 4.78 is 0. The molecule has 0 spiro atoms. The van der Waals surface area contributed by atoms with Crippen LogP contribution in [-0.2, 0) is 16.1 Å². The van der Waals surface area contributed by atoms with Gasteiger partial charge in [0.2, 0.25) is 0 Å². The fraction of sp³-hybridized carbons (Fsp3) is 0.467. The zero-order valence-corrected chi connectivity index (χ0v) is 12.3. The molecule has 1 aliphatic carbocycles. The SMILES string of the molecule is O=C(NCCC1=CCCCC1)C(=O)NCc1ccsc1. The molecule has 2 amide bonds. The van der Waals surface area contributed by atoms with Gasteiger partial charge in [0.05, 0.1) is 0 Å². The minimum Gasteiger partial charge on any atom is -0.348 e. The van der Waals surface area contributed by atoms with Crippen molar-refractivity contribution in [2.24, 2.45) is 0 Å². The lowest BCUT2D eigenvalue weighted by atomic mass is 9.97. The average Bonchev–Trinajstić information content (AvgIpc) is 2.99. The summed E-state index contributed by atoms with van der Waals surface area (Å²) in [6.45, 7) is 0.942. The molecule has 20 heavy (non-hydrogen) atoms. The Kier molecular flexibility index (Phi) is 5.80. The zero-order valence-electron chi connectivity index (χ0n) is 11.5. The Bertz CT molecular complexity index is 480. The maximum absolute atomic E-state index is 11.6. The van der Waals surface area contributed by atoms with Crippen molar-refractivity contribution in [3.63, 3.8) is 0 Å². The summed E-state index contributed by atoms with van der Waals surface area (Å²) >= 11 is 1.57. The molecule has 0 fully saturated rings. The van der Waals surface area contributed by atoms with Crippen molar-refractivity contribution in [1.29, 1.82) is 0 Å². The third-order valence-electron chi connectivity index (χ3n) is 3.36. The molecule has 0 atom stereocenters. The van der Waals surface area contributed by atoms with E-state index in [1.165, 1.54) is 18.4 Å². The minimum absolute atomic E-state index is 0.404. The summed E-state index contributed by atoms with van der Waals surface area (Å²) in [5.74, 6) is -1.11. The van der Waals surface area contributed by atoms with E-state index in [9.17, 15) is 9.59 Å². The second-order valence-corrected chi connectivity index (χ2v) is 5.71. The van der Waals surface area contributed by atoms with Gasteiger partial charge in [0.15, 0.2) is 0 Å². The van der Waals surface area contributed by atoms with Gasteiger partial charge < -0.3 is 10.6 Å². The van der Waals surface area contributed by atoms with Crippen LogP contribution in [0.1, 0.15) is 37.7 Å². The van der Waals surface area contributed by atoms with Gasteiger partial charge >= 0.3 is 11.8 Å². The molecule has 4 nitrogen and oxygen atoms in total. The maximum atomic E-state index is 11.6. The summed E-state index contributed by atoms with van der Waals surface area (Å²) in [4.78, 5) is 23.2. The van der Waals surface area contributed by atoms with Crippen LogP contribution in [0.2, 0.25) is 0 Å². The molecular formula is C15H20N2O2S. The van der Waals surface area contributed by atoms with Crippen LogP contribution in [0.5, 0.6) is 0 Å². The first-order valence-electron chi connectivity index (χ1n) is 7.01. The van der Waals surface area contributed by atoms with E-state index in [1.54, 1.807) is 11.3 Å². The quantitative estimate of drug-likeness (QED) is 0.646. The van der Waals surface area contributed by atoms with Crippen LogP contribution < -0.4 is 10.6 Å². The molecule has 1 aromatic heterocycles. The third-order valence-corrected chi connectivity index (χ3v) is 4.09. The predicted molar refractivity (Wildman–Crippen MR) is 80.3 cm³/mol. The summed E-state index contributed by atoms with van der Waals surface area (Å²) in [6.07, 6.45) is 7.88. The summed E-state index contributed by atoms with van der Waals surface area (Å²) in [5.41, 5.74) is 2.42. The van der Waals surface area contributed by atoms with E-state index in [2.05, 4.69) is 16.7 Å². The van der Waals surface area contributed by atoms with E-state index in [-0.39, 0.29) is 0 Å². The van der Waals surface area contributed by atoms with Gasteiger partial charge in [-0.15, -0.1) is 0 Å². The molecule has 0 unspecified atom stereocenters. The Morgan fingerprint density at radius 3 is 2.75 bits per heavy atom. The Morgan fingerprint density at radius 2 is 2.05 bits per heavy atom. The van der Waals surface area contributed by atoms with Gasteiger partial charge in [-0.05, 0) is 54.5 Å². The standard InChI is InChI=1S/C15H20N2O2S/c18-14(15(19)17-10-13-7-9-20-11-13)16-8-6-12-4-2-1-3-5-12/h4,7,9,11H,1-3,5-6,8,10H2,(H,16,18)(H,17,19). The minimum atomic E-state index is -0.561. The van der Waals surface area contributed by atoms with Crippen LogP contribution in [0.3, 0.4) is 0 Å². The molecule has 5 heteroatoms. The summed E-state index contributed by atoms with van der Waals surface area (Å²) in [6, 6.07) is 1.93. The first-order chi connectivity index (χ1) is 9.75. The number of amides is 2. The van der Waals surface area contributed by atoms with Gasteiger partial charge in [0.1, 0.15) is 0 Å². The molecule has 2 N–H and O–H groups in total. The number of thiophene rings is 1. The van der Waals surface area contributed by atoms with Gasteiger partial charge in [0.25, 0.3) is 0 Å². The average molecular weight is 292 g/mol. The highest BCUT2D eigenvalue weighted by molar-refractivity contribution is 7.07. The number of hydrogen-bond donors (Lipinski definition) is 2. The van der Waals surface area contributed by atoms with E-state index in [0.717, 1.165) is 24.8 Å². The van der Waals surface area contributed by atoms with Crippen LogP contribution >= 0.6 is 11.3 Å². The monoisotopic (exact) mass is 292 g/mol. The van der Waals surface area contributed by atoms with Crippen molar-refractivity contribution in [3.05, 3.63) is 34.0 Å². The molecule has 0 saturated heterocycles. The number of nitrogens with one attached hydrogen (secondary N) is 2. The Hall–Kier alpha value is -1.62. The molecule has 0 aromatic carbocycles. The molecule has 1 aromatic rings. The summed E-state index contributed by atoms with van der Waals surface area (Å²) in [7, 11) is 0. The lowest BCUT2D eigenvalue weighted by molar-refractivity contribution is -0.139. The van der Waals surface area contributed by atoms with E-state index >= 15 is 0 Å². The normalized spacial score (nSPS) is 14.5. The predicted octanol–water partition coefficient (Wildman–Crippen LogP) is 2.37. The molecular weight excluding hydrogens is 272 g/mol. The van der Waals surface area contributed by atoms with Crippen molar-refractivity contribution in [2.45, 2.75) is 38.6 Å². The van der Waals surface area contributed by atoms with Crippen molar-refractivity contribution in [2.75, 3.05) is 6.54 Å². The topological polar surface area (TPSA) is 58.2 Å². The van der Waals surface area contributed by atoms with Crippen LogP contribution in [0.4, 0.5) is 0 Å². The van der Waals surface area contributed by atoms with E-state index < -0.39 is 11.8 Å². The number of allylic oxidation sites excluding steroid dienone is 1. The van der Waals surface area contributed by atoms with E-state index in [0.29, 0.717) is 13.1 Å². The van der Waals surface area contributed by atoms with Crippen molar-refractivity contribution >= 4 is 23.2 Å². The Balaban J connectivity index is 1.63. The number of carbonyl (C=O) groups excluding carboxylic acids is 2. The van der Waals surface area contributed by atoms with Crippen LogP contribution in [0, 0.1) is 0 Å².